The van der Waals surface area contributed by atoms with Crippen LogP contribution in [0.3, 0.4) is 0 Å². The van der Waals surface area contributed by atoms with E-state index in [0.717, 1.165) is 11.1 Å². The molecule has 2 aromatic rings. The zero-order chi connectivity index (χ0) is 20.2. The average Bonchev–Trinajstić information content (AvgIpc) is 2.71. The molecule has 0 heterocycles. The van der Waals surface area contributed by atoms with Crippen molar-refractivity contribution in [3.8, 4) is 0 Å². The van der Waals surface area contributed by atoms with E-state index in [1.54, 1.807) is 0 Å². The summed E-state index contributed by atoms with van der Waals surface area (Å²) >= 11 is 0. The summed E-state index contributed by atoms with van der Waals surface area (Å²) in [5.41, 5.74) is 1.92. The lowest BCUT2D eigenvalue weighted by Gasteiger charge is -2.19. The molecule has 0 aromatic heterocycles. The molecule has 3 amide bonds. The molecule has 1 atom stereocenters. The summed E-state index contributed by atoms with van der Waals surface area (Å²) in [6, 6.07) is 18.1. The highest BCUT2D eigenvalue weighted by atomic mass is 16.5. The lowest BCUT2D eigenvalue weighted by molar-refractivity contribution is -0.131. The number of nitrogens with one attached hydrogen (secondary N) is 3. The van der Waals surface area contributed by atoms with Crippen LogP contribution in [0.5, 0.6) is 0 Å². The van der Waals surface area contributed by atoms with Gasteiger partial charge in [-0.05, 0) is 11.1 Å². The molecule has 0 aliphatic heterocycles. The second-order valence-electron chi connectivity index (χ2n) is 6.23. The zero-order valence-corrected chi connectivity index (χ0v) is 15.8. The highest BCUT2D eigenvalue weighted by molar-refractivity contribution is 5.89. The SMILES string of the molecule is CC(=O)NCC(=O)NC(COCc1ccccc1)C(=O)NCc1ccccc1. The molecule has 0 aliphatic rings. The quantitative estimate of drug-likeness (QED) is 0.573. The standard InChI is InChI=1S/C21H25N3O4/c1-16(25)22-13-20(26)24-19(15-28-14-18-10-6-3-7-11-18)21(27)23-12-17-8-4-2-5-9-17/h2-11,19H,12-15H2,1H3,(H,22,25)(H,23,27)(H,24,26). The average molecular weight is 383 g/mol. The van der Waals surface area contributed by atoms with Gasteiger partial charge in [0.15, 0.2) is 0 Å². The normalized spacial score (nSPS) is 11.3. The molecule has 0 aliphatic carbocycles. The van der Waals surface area contributed by atoms with Crippen LogP contribution < -0.4 is 16.0 Å². The van der Waals surface area contributed by atoms with Crippen molar-refractivity contribution in [2.75, 3.05) is 13.2 Å². The minimum Gasteiger partial charge on any atom is -0.374 e. The van der Waals surface area contributed by atoms with Crippen LogP contribution in [0, 0.1) is 0 Å². The summed E-state index contributed by atoms with van der Waals surface area (Å²) in [6.07, 6.45) is 0. The van der Waals surface area contributed by atoms with E-state index in [-0.39, 0.29) is 25.0 Å². The summed E-state index contributed by atoms with van der Waals surface area (Å²) in [4.78, 5) is 35.5. The lowest BCUT2D eigenvalue weighted by Crippen LogP contribution is -2.51. The molecule has 7 nitrogen and oxygen atoms in total. The summed E-state index contributed by atoms with van der Waals surface area (Å²) in [7, 11) is 0. The first-order valence-corrected chi connectivity index (χ1v) is 9.01. The maximum Gasteiger partial charge on any atom is 0.245 e. The van der Waals surface area contributed by atoms with E-state index in [2.05, 4.69) is 16.0 Å². The molecule has 3 N–H and O–H groups in total. The molecule has 0 spiro atoms. The highest BCUT2D eigenvalue weighted by Gasteiger charge is 2.21. The van der Waals surface area contributed by atoms with Gasteiger partial charge in [-0.3, -0.25) is 14.4 Å². The van der Waals surface area contributed by atoms with E-state index < -0.39 is 11.9 Å². The predicted molar refractivity (Wildman–Crippen MR) is 105 cm³/mol. The first-order chi connectivity index (χ1) is 13.5. The monoisotopic (exact) mass is 383 g/mol. The van der Waals surface area contributed by atoms with Gasteiger partial charge in [0.25, 0.3) is 0 Å². The maximum atomic E-state index is 12.5. The van der Waals surface area contributed by atoms with E-state index in [9.17, 15) is 14.4 Å². The van der Waals surface area contributed by atoms with Crippen LogP contribution in [0.1, 0.15) is 18.1 Å². The van der Waals surface area contributed by atoms with Crippen molar-refractivity contribution in [3.63, 3.8) is 0 Å². The maximum absolute atomic E-state index is 12.5. The van der Waals surface area contributed by atoms with Crippen molar-refractivity contribution >= 4 is 17.7 Å². The molecule has 2 aromatic carbocycles. The first kappa shape index (κ1) is 21.1. The van der Waals surface area contributed by atoms with Crippen LogP contribution in [-0.2, 0) is 32.3 Å². The molecule has 28 heavy (non-hydrogen) atoms. The van der Waals surface area contributed by atoms with E-state index in [4.69, 9.17) is 4.74 Å². The molecule has 148 valence electrons. The zero-order valence-electron chi connectivity index (χ0n) is 15.8. The highest BCUT2D eigenvalue weighted by Crippen LogP contribution is 2.02. The van der Waals surface area contributed by atoms with E-state index >= 15 is 0 Å². The molecule has 0 bridgehead atoms. The van der Waals surface area contributed by atoms with Crippen LogP contribution in [0.4, 0.5) is 0 Å². The van der Waals surface area contributed by atoms with Crippen molar-refractivity contribution in [1.82, 2.24) is 16.0 Å². The van der Waals surface area contributed by atoms with Gasteiger partial charge in [-0.25, -0.2) is 0 Å². The number of ether oxygens (including phenoxy) is 1. The van der Waals surface area contributed by atoms with Crippen LogP contribution in [0.2, 0.25) is 0 Å². The fraction of sp³-hybridized carbons (Fsp3) is 0.286. The summed E-state index contributed by atoms with van der Waals surface area (Å²) in [6.45, 7) is 1.80. The molecule has 1 unspecified atom stereocenters. The third-order valence-electron chi connectivity index (χ3n) is 3.86. The second kappa shape index (κ2) is 11.5. The minimum absolute atomic E-state index is 0.0152. The Morgan fingerprint density at radius 1 is 0.893 bits per heavy atom. The van der Waals surface area contributed by atoms with Gasteiger partial charge >= 0.3 is 0 Å². The van der Waals surface area contributed by atoms with E-state index in [1.165, 1.54) is 6.92 Å². The van der Waals surface area contributed by atoms with Gasteiger partial charge in [-0.2, -0.15) is 0 Å². The van der Waals surface area contributed by atoms with Crippen molar-refractivity contribution in [3.05, 3.63) is 71.8 Å². The van der Waals surface area contributed by atoms with Gasteiger partial charge in [-0.1, -0.05) is 60.7 Å². The molecule has 7 heteroatoms. The third kappa shape index (κ3) is 8.01. The topological polar surface area (TPSA) is 96.5 Å². The first-order valence-electron chi connectivity index (χ1n) is 9.01. The van der Waals surface area contributed by atoms with E-state index in [0.29, 0.717) is 13.2 Å². The van der Waals surface area contributed by atoms with Crippen LogP contribution in [0.15, 0.2) is 60.7 Å². The Balaban J connectivity index is 1.90. The summed E-state index contributed by atoms with van der Waals surface area (Å²) in [5, 5.41) is 7.81. The Labute approximate surface area is 164 Å². The van der Waals surface area contributed by atoms with Gasteiger partial charge < -0.3 is 20.7 Å². The van der Waals surface area contributed by atoms with E-state index in [1.807, 2.05) is 60.7 Å². The van der Waals surface area contributed by atoms with Gasteiger partial charge in [-0.15, -0.1) is 0 Å². The number of carbonyl (C=O) groups excluding carboxylic acids is 3. The Morgan fingerprint density at radius 3 is 2.11 bits per heavy atom. The minimum atomic E-state index is -0.867. The number of rotatable bonds is 10. The van der Waals surface area contributed by atoms with Gasteiger partial charge in [0, 0.05) is 13.5 Å². The number of hydrogen-bond donors (Lipinski definition) is 3. The molecule has 0 radical (unpaired) electrons. The number of carbonyl (C=O) groups is 3. The largest absolute Gasteiger partial charge is 0.374 e. The smallest absolute Gasteiger partial charge is 0.245 e. The molecular weight excluding hydrogens is 358 g/mol. The van der Waals surface area contributed by atoms with Gasteiger partial charge in [0.1, 0.15) is 6.04 Å². The Morgan fingerprint density at radius 2 is 1.50 bits per heavy atom. The predicted octanol–water partition coefficient (Wildman–Crippen LogP) is 1.14. The molecule has 2 rings (SSSR count). The van der Waals surface area contributed by atoms with Crippen molar-refractivity contribution < 1.29 is 19.1 Å². The lowest BCUT2D eigenvalue weighted by atomic mass is 10.2. The number of benzene rings is 2. The van der Waals surface area contributed by atoms with Crippen molar-refractivity contribution in [2.45, 2.75) is 26.1 Å². The fourth-order valence-electron chi connectivity index (χ4n) is 2.41. The fourth-order valence-corrected chi connectivity index (χ4v) is 2.41. The number of amides is 3. The molecule has 0 saturated heterocycles. The van der Waals surface area contributed by atoms with Crippen LogP contribution in [-0.4, -0.2) is 36.9 Å². The van der Waals surface area contributed by atoms with Crippen molar-refractivity contribution in [1.29, 1.82) is 0 Å². The Kier molecular flexibility index (Phi) is 8.68. The molecule has 0 saturated carbocycles. The Bertz CT molecular complexity index is 766. The summed E-state index contributed by atoms with van der Waals surface area (Å²) in [5.74, 6) is -1.13. The molecule has 0 fully saturated rings. The Hall–Kier alpha value is -3.19. The number of hydrogen-bond acceptors (Lipinski definition) is 4. The van der Waals surface area contributed by atoms with Crippen LogP contribution >= 0.6 is 0 Å². The third-order valence-corrected chi connectivity index (χ3v) is 3.86. The second-order valence-corrected chi connectivity index (χ2v) is 6.23. The van der Waals surface area contributed by atoms with Crippen LogP contribution in [0.25, 0.3) is 0 Å². The van der Waals surface area contributed by atoms with Gasteiger partial charge in [0.2, 0.25) is 17.7 Å². The summed E-state index contributed by atoms with van der Waals surface area (Å²) < 4.78 is 5.62. The van der Waals surface area contributed by atoms with Gasteiger partial charge in [0.05, 0.1) is 19.8 Å². The molecular formula is C21H25N3O4. The van der Waals surface area contributed by atoms with Crippen molar-refractivity contribution in [2.24, 2.45) is 0 Å².